The lowest BCUT2D eigenvalue weighted by Crippen LogP contribution is -2.00. The summed E-state index contributed by atoms with van der Waals surface area (Å²) < 4.78 is 1.54. The van der Waals surface area contributed by atoms with Crippen molar-refractivity contribution in [3.05, 3.63) is 48.2 Å². The predicted molar refractivity (Wildman–Crippen MR) is 103 cm³/mol. The highest BCUT2D eigenvalue weighted by Gasteiger charge is 2.19. The van der Waals surface area contributed by atoms with E-state index in [1.54, 1.807) is 6.07 Å². The minimum Gasteiger partial charge on any atom is -0.508 e. The summed E-state index contributed by atoms with van der Waals surface area (Å²) in [6.07, 6.45) is 0. The van der Waals surface area contributed by atoms with Crippen molar-refractivity contribution < 1.29 is 10.2 Å². The number of nitrogens with zero attached hydrogens (tertiary/aromatic N) is 3. The van der Waals surface area contributed by atoms with Gasteiger partial charge in [0.05, 0.1) is 0 Å². The molecule has 0 aliphatic carbocycles. The highest BCUT2D eigenvalue weighted by Crippen LogP contribution is 2.36. The second-order valence-corrected chi connectivity index (χ2v) is 6.92. The quantitative estimate of drug-likeness (QED) is 0.409. The van der Waals surface area contributed by atoms with E-state index in [9.17, 15) is 10.2 Å². The number of nitrogens with one attached hydrogen (secondary N) is 1. The van der Waals surface area contributed by atoms with E-state index in [1.165, 1.54) is 16.8 Å². The van der Waals surface area contributed by atoms with Crippen LogP contribution in [0.15, 0.2) is 47.5 Å². The lowest BCUT2D eigenvalue weighted by Gasteiger charge is -2.10. The van der Waals surface area contributed by atoms with Crippen LogP contribution in [0.25, 0.3) is 27.8 Å². The van der Waals surface area contributed by atoms with E-state index >= 15 is 0 Å². The summed E-state index contributed by atoms with van der Waals surface area (Å²) in [6.45, 7) is 4.27. The van der Waals surface area contributed by atoms with Gasteiger partial charge in [-0.3, -0.25) is 0 Å². The Morgan fingerprint density at radius 3 is 2.65 bits per heavy atom. The predicted octanol–water partition coefficient (Wildman–Crippen LogP) is 4.24. The smallest absolute Gasteiger partial charge is 0.145 e. The first-order chi connectivity index (χ1) is 12.5. The average Bonchev–Trinajstić information content (AvgIpc) is 3.18. The maximum absolute atomic E-state index is 10.2. The number of aromatic nitrogens is 4. The van der Waals surface area contributed by atoms with Crippen molar-refractivity contribution in [2.45, 2.75) is 24.8 Å². The second-order valence-electron chi connectivity index (χ2n) is 6.49. The molecule has 0 fully saturated rings. The summed E-state index contributed by atoms with van der Waals surface area (Å²) in [5, 5.41) is 29.5. The van der Waals surface area contributed by atoms with Crippen molar-refractivity contribution in [3.8, 4) is 28.4 Å². The molecular formula is C19H18N4O2S. The van der Waals surface area contributed by atoms with Crippen LogP contribution in [-0.4, -0.2) is 30.2 Å². The monoisotopic (exact) mass is 366 g/mol. The summed E-state index contributed by atoms with van der Waals surface area (Å²) in [5.41, 5.74) is 4.16. The summed E-state index contributed by atoms with van der Waals surface area (Å²) in [5.74, 6) is 0.261. The third-order valence-corrected chi connectivity index (χ3v) is 4.70. The Morgan fingerprint density at radius 1 is 1.12 bits per heavy atom. The van der Waals surface area contributed by atoms with Crippen molar-refractivity contribution in [2.24, 2.45) is 0 Å². The number of aromatic amines is 1. The first kappa shape index (κ1) is 16.5. The zero-order valence-corrected chi connectivity index (χ0v) is 15.2. The number of fused-ring (bicyclic) bond motifs is 1. The van der Waals surface area contributed by atoms with Gasteiger partial charge in [-0.1, -0.05) is 31.2 Å². The topological polar surface area (TPSA) is 87.0 Å². The van der Waals surface area contributed by atoms with E-state index in [-0.39, 0.29) is 11.5 Å². The molecule has 0 unspecified atom stereocenters. The molecule has 6 nitrogen and oxygen atoms in total. The molecule has 2 heterocycles. The Kier molecular flexibility index (Phi) is 3.88. The second kappa shape index (κ2) is 6.10. The summed E-state index contributed by atoms with van der Waals surface area (Å²) >= 11 is 4.47. The zero-order chi connectivity index (χ0) is 18.4. The van der Waals surface area contributed by atoms with Crippen molar-refractivity contribution in [2.75, 3.05) is 0 Å². The molecule has 0 atom stereocenters. The van der Waals surface area contributed by atoms with Gasteiger partial charge in [0.15, 0.2) is 0 Å². The first-order valence-electron chi connectivity index (χ1n) is 8.24. The fourth-order valence-corrected chi connectivity index (χ4v) is 3.32. The number of rotatable bonds is 3. The molecule has 0 bridgehead atoms. The van der Waals surface area contributed by atoms with Crippen LogP contribution in [0.2, 0.25) is 0 Å². The van der Waals surface area contributed by atoms with Crippen LogP contribution in [-0.2, 0) is 0 Å². The third kappa shape index (κ3) is 2.61. The van der Waals surface area contributed by atoms with Crippen LogP contribution in [0.1, 0.15) is 25.5 Å². The van der Waals surface area contributed by atoms with Gasteiger partial charge in [-0.2, -0.15) is 0 Å². The number of aromatic hydroxyl groups is 2. The number of thiol groups is 1. The number of H-pyrrole nitrogens is 1. The zero-order valence-electron chi connectivity index (χ0n) is 14.3. The minimum atomic E-state index is -0.0893. The van der Waals surface area contributed by atoms with Crippen LogP contribution in [0.4, 0.5) is 0 Å². The molecule has 2 aromatic heterocycles. The van der Waals surface area contributed by atoms with E-state index in [0.717, 1.165) is 22.2 Å². The molecule has 4 aromatic rings. The van der Waals surface area contributed by atoms with Gasteiger partial charge in [0.25, 0.3) is 0 Å². The Bertz CT molecular complexity index is 1110. The van der Waals surface area contributed by atoms with E-state index in [4.69, 9.17) is 0 Å². The molecule has 0 radical (unpaired) electrons. The van der Waals surface area contributed by atoms with Gasteiger partial charge >= 0.3 is 0 Å². The van der Waals surface area contributed by atoms with Crippen LogP contribution in [0, 0.1) is 0 Å². The number of phenolic OH excluding ortho intramolecular Hbond substituents is 2. The fourth-order valence-electron chi connectivity index (χ4n) is 3.06. The molecule has 0 saturated heterocycles. The van der Waals surface area contributed by atoms with E-state index in [1.807, 2.05) is 18.2 Å². The molecular weight excluding hydrogens is 348 g/mol. The highest BCUT2D eigenvalue weighted by molar-refractivity contribution is 7.80. The van der Waals surface area contributed by atoms with Gasteiger partial charge in [0, 0.05) is 28.2 Å². The summed E-state index contributed by atoms with van der Waals surface area (Å²) in [6, 6.07) is 12.4. The van der Waals surface area contributed by atoms with E-state index < -0.39 is 0 Å². The lowest BCUT2D eigenvalue weighted by molar-refractivity contribution is 0.447. The minimum absolute atomic E-state index is 0.0201. The molecule has 0 aliphatic heterocycles. The Hall–Kier alpha value is -2.93. The number of phenols is 2. The van der Waals surface area contributed by atoms with Gasteiger partial charge in [-0.15, -0.1) is 17.7 Å². The van der Waals surface area contributed by atoms with Crippen LogP contribution in [0.5, 0.6) is 11.5 Å². The maximum atomic E-state index is 10.2. The normalized spacial score (nSPS) is 11.5. The highest BCUT2D eigenvalue weighted by atomic mass is 32.1. The lowest BCUT2D eigenvalue weighted by atomic mass is 10.1. The molecule has 0 saturated carbocycles. The van der Waals surface area contributed by atoms with E-state index in [0.29, 0.717) is 22.3 Å². The van der Waals surface area contributed by atoms with E-state index in [2.05, 4.69) is 47.8 Å². The van der Waals surface area contributed by atoms with Crippen LogP contribution in [0.3, 0.4) is 0 Å². The molecule has 0 spiro atoms. The van der Waals surface area contributed by atoms with Crippen molar-refractivity contribution >= 4 is 23.5 Å². The Morgan fingerprint density at radius 2 is 1.92 bits per heavy atom. The standard InChI is InChI=1S/C19H18N4O2S/c1-10(2)15-9-13-12(4-3-5-14(13)20-15)18-19(26)21-22-23(18)16-7-6-11(24)8-17(16)25/h3-10,20,24-26H,1-2H3. The number of benzene rings is 2. The molecule has 132 valence electrons. The molecule has 0 amide bonds. The van der Waals surface area contributed by atoms with Gasteiger partial charge < -0.3 is 15.2 Å². The van der Waals surface area contributed by atoms with Gasteiger partial charge in [0.2, 0.25) is 0 Å². The molecule has 2 aromatic carbocycles. The van der Waals surface area contributed by atoms with Crippen molar-refractivity contribution in [1.82, 2.24) is 20.0 Å². The van der Waals surface area contributed by atoms with Crippen molar-refractivity contribution in [3.63, 3.8) is 0 Å². The number of hydrogen-bond donors (Lipinski definition) is 4. The summed E-state index contributed by atoms with van der Waals surface area (Å²) in [4.78, 5) is 3.44. The van der Waals surface area contributed by atoms with Gasteiger partial charge in [-0.25, -0.2) is 4.68 Å². The average molecular weight is 366 g/mol. The molecule has 3 N–H and O–H groups in total. The summed E-state index contributed by atoms with van der Waals surface area (Å²) in [7, 11) is 0. The van der Waals surface area contributed by atoms with Gasteiger partial charge in [-0.05, 0) is 30.2 Å². The third-order valence-electron chi connectivity index (χ3n) is 4.40. The van der Waals surface area contributed by atoms with Crippen LogP contribution < -0.4 is 0 Å². The Balaban J connectivity index is 1.97. The molecule has 7 heteroatoms. The fraction of sp³-hybridized carbons (Fsp3) is 0.158. The van der Waals surface area contributed by atoms with Crippen LogP contribution >= 0.6 is 12.6 Å². The van der Waals surface area contributed by atoms with Gasteiger partial charge in [0.1, 0.15) is 27.9 Å². The Labute approximate surface area is 155 Å². The molecule has 0 aliphatic rings. The SMILES string of the molecule is CC(C)c1cc2c(-c3c(S)nnn3-c3ccc(O)cc3O)cccc2[nH]1. The molecule has 4 rings (SSSR count). The maximum Gasteiger partial charge on any atom is 0.145 e. The number of hydrogen-bond acceptors (Lipinski definition) is 5. The van der Waals surface area contributed by atoms with Crippen molar-refractivity contribution in [1.29, 1.82) is 0 Å². The first-order valence-corrected chi connectivity index (χ1v) is 8.69. The largest absolute Gasteiger partial charge is 0.508 e. The molecule has 26 heavy (non-hydrogen) atoms.